The second kappa shape index (κ2) is 31.4. The Kier molecular flexibility index (Phi) is 23.9. The maximum absolute atomic E-state index is 14.1. The summed E-state index contributed by atoms with van der Waals surface area (Å²) in [5.41, 5.74) is 11.9. The predicted molar refractivity (Wildman–Crippen MR) is 344 cm³/mol. The number of hydrogen-bond acceptors (Lipinski definition) is 13. The SMILES string of the molecule is CCN(c1cc(-c2ccc(CN3CCN(CCC(=O)NCCCCCCCCC(=O)N[C@H](C(=O)N4C[C@H](O)C[C@H]4C(=O)NCc4ccc(-c5scnc5C)cc4)C(C)(C)C)CC3)cc2)cc(C(=O)NCc2c(C)cc(C)[nH]c2=O)c1C)C1CCOCC1. The molecule has 470 valence electrons. The number of amides is 5. The summed E-state index contributed by atoms with van der Waals surface area (Å²) in [6, 6.07) is 21.3. The van der Waals surface area contributed by atoms with Gasteiger partial charge in [-0.05, 0) is 123 Å². The summed E-state index contributed by atoms with van der Waals surface area (Å²) in [7, 11) is 0. The molecule has 5 amide bonds. The lowest BCUT2D eigenvalue weighted by Gasteiger charge is -2.37. The molecule has 3 aromatic carbocycles. The number of aromatic nitrogens is 2. The summed E-state index contributed by atoms with van der Waals surface area (Å²) in [6.45, 7) is 24.1. The number of rotatable bonds is 27. The topological polar surface area (TPSA) is 222 Å². The molecule has 3 aliphatic heterocycles. The van der Waals surface area contributed by atoms with Crippen LogP contribution in [-0.2, 0) is 43.5 Å². The number of aliphatic hydroxyl groups is 1. The summed E-state index contributed by atoms with van der Waals surface area (Å²) in [4.78, 5) is 97.5. The highest BCUT2D eigenvalue weighted by molar-refractivity contribution is 7.13. The molecule has 3 fully saturated rings. The molecule has 6 N–H and O–H groups in total. The number of carbonyl (C=O) groups excluding carboxylic acids is 5. The highest BCUT2D eigenvalue weighted by Crippen LogP contribution is 2.35. The highest BCUT2D eigenvalue weighted by Gasteiger charge is 2.44. The zero-order valence-electron chi connectivity index (χ0n) is 52.7. The molecule has 8 rings (SSSR count). The first-order valence-corrected chi connectivity index (χ1v) is 32.5. The third kappa shape index (κ3) is 18.4. The van der Waals surface area contributed by atoms with Gasteiger partial charge in [0.1, 0.15) is 12.1 Å². The van der Waals surface area contributed by atoms with Gasteiger partial charge in [-0.1, -0.05) is 95.0 Å². The third-order valence-electron chi connectivity index (χ3n) is 17.5. The van der Waals surface area contributed by atoms with Crippen molar-refractivity contribution < 1.29 is 33.8 Å². The normalized spacial score (nSPS) is 17.2. The summed E-state index contributed by atoms with van der Waals surface area (Å²) in [6.07, 6.45) is 7.28. The number of carbonyl (C=O) groups is 5. The van der Waals surface area contributed by atoms with E-state index in [-0.39, 0.29) is 67.6 Å². The number of aliphatic hydroxyl groups excluding tert-OH is 1. The Labute approximate surface area is 518 Å². The van der Waals surface area contributed by atoms with Gasteiger partial charge in [0.2, 0.25) is 23.6 Å². The number of thiazole rings is 1. The van der Waals surface area contributed by atoms with Crippen molar-refractivity contribution in [3.63, 3.8) is 0 Å². The van der Waals surface area contributed by atoms with Crippen LogP contribution in [0.25, 0.3) is 21.6 Å². The highest BCUT2D eigenvalue weighted by atomic mass is 32.1. The number of aromatic amines is 1. The molecule has 0 radical (unpaired) electrons. The Hall–Kier alpha value is -6.77. The van der Waals surface area contributed by atoms with Crippen LogP contribution in [0.2, 0.25) is 0 Å². The number of pyridine rings is 1. The van der Waals surface area contributed by atoms with E-state index in [9.17, 15) is 33.9 Å². The van der Waals surface area contributed by atoms with Crippen molar-refractivity contribution in [2.75, 3.05) is 70.5 Å². The summed E-state index contributed by atoms with van der Waals surface area (Å²) < 4.78 is 5.72. The van der Waals surface area contributed by atoms with Crippen LogP contribution in [0.5, 0.6) is 0 Å². The Morgan fingerprint density at radius 1 is 0.782 bits per heavy atom. The van der Waals surface area contributed by atoms with Crippen molar-refractivity contribution in [3.05, 3.63) is 127 Å². The molecule has 0 saturated carbocycles. The van der Waals surface area contributed by atoms with E-state index in [0.717, 1.165) is 146 Å². The van der Waals surface area contributed by atoms with Crippen LogP contribution in [0.1, 0.15) is 148 Å². The summed E-state index contributed by atoms with van der Waals surface area (Å²) in [5.74, 6) is -1.06. The van der Waals surface area contributed by atoms with Gasteiger partial charge >= 0.3 is 0 Å². The Balaban J connectivity index is 0.703. The number of piperazine rings is 1. The molecule has 19 heteroatoms. The molecule has 3 atom stereocenters. The number of nitrogens with one attached hydrogen (secondary N) is 5. The Morgan fingerprint density at radius 3 is 2.11 bits per heavy atom. The maximum Gasteiger partial charge on any atom is 0.253 e. The van der Waals surface area contributed by atoms with E-state index in [0.29, 0.717) is 49.8 Å². The Morgan fingerprint density at radius 2 is 1.45 bits per heavy atom. The number of anilines is 1. The summed E-state index contributed by atoms with van der Waals surface area (Å²) >= 11 is 1.58. The van der Waals surface area contributed by atoms with E-state index in [1.54, 1.807) is 11.3 Å². The predicted octanol–water partition coefficient (Wildman–Crippen LogP) is 8.50. The van der Waals surface area contributed by atoms with Crippen LogP contribution in [0.3, 0.4) is 0 Å². The van der Waals surface area contributed by atoms with Gasteiger partial charge < -0.3 is 50.8 Å². The van der Waals surface area contributed by atoms with Gasteiger partial charge in [0, 0.05) is 133 Å². The third-order valence-corrected chi connectivity index (χ3v) is 18.5. The average Bonchev–Trinajstić information content (AvgIpc) is 3.63. The fraction of sp³-hybridized carbons (Fsp3) is 0.544. The van der Waals surface area contributed by atoms with Crippen molar-refractivity contribution in [3.8, 4) is 21.6 Å². The molecular weight excluding hydrogens is 1120 g/mol. The number of β-amino-alcohol motifs (C(OH)–C–C–N with tert-alkyl or cyclic N) is 1. The van der Waals surface area contributed by atoms with Gasteiger partial charge in [-0.3, -0.25) is 33.7 Å². The van der Waals surface area contributed by atoms with Gasteiger partial charge in [-0.25, -0.2) is 4.98 Å². The quantitative estimate of drug-likeness (QED) is 0.0273. The maximum atomic E-state index is 14.1. The lowest BCUT2D eigenvalue weighted by atomic mass is 9.85. The minimum absolute atomic E-state index is 0.0235. The van der Waals surface area contributed by atoms with Crippen LogP contribution >= 0.6 is 11.3 Å². The number of nitrogens with zero attached hydrogens (tertiary/aromatic N) is 5. The monoisotopic (exact) mass is 1210 g/mol. The van der Waals surface area contributed by atoms with Gasteiger partial charge in [-0.2, -0.15) is 0 Å². The molecule has 18 nitrogen and oxygen atoms in total. The molecule has 0 bridgehead atoms. The Bertz CT molecular complexity index is 3180. The second-order valence-corrected chi connectivity index (χ2v) is 26.0. The van der Waals surface area contributed by atoms with E-state index in [2.05, 4.69) is 83.2 Å². The van der Waals surface area contributed by atoms with E-state index >= 15 is 0 Å². The van der Waals surface area contributed by atoms with Gasteiger partial charge in [0.15, 0.2) is 0 Å². The van der Waals surface area contributed by atoms with E-state index < -0.39 is 23.6 Å². The van der Waals surface area contributed by atoms with Crippen LogP contribution in [0, 0.1) is 33.1 Å². The molecular formula is C68H94N10O8S. The second-order valence-electron chi connectivity index (χ2n) is 25.2. The molecule has 0 aliphatic carbocycles. The number of hydrogen-bond donors (Lipinski definition) is 6. The zero-order chi connectivity index (χ0) is 62.2. The van der Waals surface area contributed by atoms with Crippen molar-refractivity contribution in [2.45, 2.75) is 170 Å². The summed E-state index contributed by atoms with van der Waals surface area (Å²) in [5, 5.41) is 22.7. The smallest absolute Gasteiger partial charge is 0.253 e. The van der Waals surface area contributed by atoms with Crippen LogP contribution in [-0.4, -0.2) is 149 Å². The van der Waals surface area contributed by atoms with Gasteiger partial charge in [-0.15, -0.1) is 11.3 Å². The fourth-order valence-corrected chi connectivity index (χ4v) is 13.1. The van der Waals surface area contributed by atoms with Crippen molar-refractivity contribution in [1.29, 1.82) is 0 Å². The lowest BCUT2D eigenvalue weighted by Crippen LogP contribution is -2.57. The van der Waals surface area contributed by atoms with Crippen molar-refractivity contribution in [2.24, 2.45) is 5.41 Å². The average molecular weight is 1210 g/mol. The van der Waals surface area contributed by atoms with Gasteiger partial charge in [0.25, 0.3) is 11.5 Å². The molecule has 5 heterocycles. The molecule has 5 aromatic rings. The molecule has 0 spiro atoms. The first-order chi connectivity index (χ1) is 41.8. The molecule has 2 aromatic heterocycles. The first-order valence-electron chi connectivity index (χ1n) is 31.6. The minimum Gasteiger partial charge on any atom is -0.391 e. The lowest BCUT2D eigenvalue weighted by molar-refractivity contribution is -0.144. The van der Waals surface area contributed by atoms with Crippen LogP contribution in [0.15, 0.2) is 77.0 Å². The minimum atomic E-state index is -0.866. The molecule has 3 saturated heterocycles. The zero-order valence-corrected chi connectivity index (χ0v) is 53.5. The molecule has 3 aliphatic rings. The standard InChI is InChI=1S/C68H94N10O8S/c1-9-77(54-26-34-86-35-27-54)58-38-53(37-56(47(58)4)64(82)71-41-57-45(2)36-46(3)73-65(57)83)51-21-19-50(20-22-51)42-76-32-30-75(31-33-76)29-25-60(80)69-28-15-13-11-10-12-14-16-61(81)74-63(68(6,7)8)67(85)78-43-55(79)39-59(78)66(84)70-40-49-17-23-52(24-18-49)62-48(5)72-44-87-62/h17-24,36-38,44,54-55,59,63,79H,9-16,25-35,39-43H2,1-8H3,(H,69,80)(H,70,84)(H,71,82)(H,73,83)(H,74,81)/t55-,59+,63-/m1/s1. The fourth-order valence-electron chi connectivity index (χ4n) is 12.3. The van der Waals surface area contributed by atoms with E-state index in [4.69, 9.17) is 4.74 Å². The van der Waals surface area contributed by atoms with E-state index in [1.165, 1.54) is 10.5 Å². The number of likely N-dealkylation sites (tertiary alicyclic amines) is 1. The molecule has 87 heavy (non-hydrogen) atoms. The number of aryl methyl sites for hydroxylation is 3. The number of ether oxygens (including phenoxy) is 1. The van der Waals surface area contributed by atoms with Crippen molar-refractivity contribution in [1.82, 2.24) is 45.9 Å². The van der Waals surface area contributed by atoms with E-state index in [1.807, 2.05) is 90.4 Å². The van der Waals surface area contributed by atoms with Crippen LogP contribution < -0.4 is 31.7 Å². The first kappa shape index (κ1) is 66.2. The number of unbranched alkanes of at least 4 members (excludes halogenated alkanes) is 5. The van der Waals surface area contributed by atoms with Crippen LogP contribution in [0.4, 0.5) is 5.69 Å². The molecule has 0 unspecified atom stereocenters. The number of H-pyrrole nitrogens is 1. The van der Waals surface area contributed by atoms with Gasteiger partial charge in [0.05, 0.1) is 22.2 Å². The van der Waals surface area contributed by atoms with Crippen molar-refractivity contribution >= 4 is 46.6 Å². The number of benzene rings is 3. The largest absolute Gasteiger partial charge is 0.391 e.